The summed E-state index contributed by atoms with van der Waals surface area (Å²) in [7, 11) is 0. The number of unbranched alkanes of at least 4 members (excludes halogenated alkanes) is 10. The van der Waals surface area contributed by atoms with Crippen molar-refractivity contribution in [1.82, 2.24) is 0 Å². The summed E-state index contributed by atoms with van der Waals surface area (Å²) in [4.78, 5) is 0. The number of rotatable bonds is 17. The first-order chi connectivity index (χ1) is 15.2. The van der Waals surface area contributed by atoms with Crippen LogP contribution >= 0.6 is 0 Å². The van der Waals surface area contributed by atoms with Crippen molar-refractivity contribution in [3.05, 3.63) is 54.1 Å². The lowest BCUT2D eigenvalue weighted by molar-refractivity contribution is 0.0764. The standard InChI is InChI=1S/C29H44O2/c1-4-6-7-8-9-10-11-12-13-14-15-24-31-29-22-20-28(21-23-29)27-18-16-26(17-19-27)25(3)30-5-2/h16-23,25H,4-15,24H2,1-3H3. The quantitative estimate of drug-likeness (QED) is 0.236. The second-order valence-electron chi connectivity index (χ2n) is 8.63. The van der Waals surface area contributed by atoms with Crippen molar-refractivity contribution in [3.8, 4) is 16.9 Å². The molecule has 1 atom stereocenters. The molecule has 172 valence electrons. The van der Waals surface area contributed by atoms with E-state index in [-0.39, 0.29) is 6.10 Å². The van der Waals surface area contributed by atoms with Gasteiger partial charge in [0.05, 0.1) is 12.7 Å². The summed E-state index contributed by atoms with van der Waals surface area (Å²) in [6.07, 6.45) is 15.1. The molecule has 0 saturated heterocycles. The molecule has 0 aliphatic heterocycles. The third-order valence-corrected chi connectivity index (χ3v) is 6.00. The summed E-state index contributed by atoms with van der Waals surface area (Å²) in [5.74, 6) is 0.970. The Morgan fingerprint density at radius 1 is 0.613 bits per heavy atom. The lowest BCUT2D eigenvalue weighted by Gasteiger charge is -2.12. The van der Waals surface area contributed by atoms with Gasteiger partial charge in [0, 0.05) is 6.61 Å². The van der Waals surface area contributed by atoms with Crippen molar-refractivity contribution in [2.75, 3.05) is 13.2 Å². The third kappa shape index (κ3) is 10.4. The van der Waals surface area contributed by atoms with E-state index in [1.807, 2.05) is 6.92 Å². The number of benzene rings is 2. The minimum Gasteiger partial charge on any atom is -0.494 e. The highest BCUT2D eigenvalue weighted by atomic mass is 16.5. The van der Waals surface area contributed by atoms with E-state index in [0.717, 1.165) is 25.4 Å². The van der Waals surface area contributed by atoms with E-state index in [2.05, 4.69) is 62.4 Å². The highest BCUT2D eigenvalue weighted by Gasteiger charge is 2.05. The second-order valence-corrected chi connectivity index (χ2v) is 8.63. The lowest BCUT2D eigenvalue weighted by atomic mass is 10.0. The first kappa shape index (κ1) is 25.5. The van der Waals surface area contributed by atoms with E-state index in [1.54, 1.807) is 0 Å². The van der Waals surface area contributed by atoms with Crippen molar-refractivity contribution in [3.63, 3.8) is 0 Å². The van der Waals surface area contributed by atoms with Crippen molar-refractivity contribution in [1.29, 1.82) is 0 Å². The smallest absolute Gasteiger partial charge is 0.119 e. The fourth-order valence-corrected chi connectivity index (χ4v) is 3.99. The van der Waals surface area contributed by atoms with E-state index in [9.17, 15) is 0 Å². The van der Waals surface area contributed by atoms with Gasteiger partial charge in [0.1, 0.15) is 5.75 Å². The number of ether oxygens (including phenoxy) is 2. The molecule has 0 heterocycles. The molecule has 0 spiro atoms. The van der Waals surface area contributed by atoms with Crippen LogP contribution in [0, 0.1) is 0 Å². The monoisotopic (exact) mass is 424 g/mol. The van der Waals surface area contributed by atoms with Gasteiger partial charge in [-0.25, -0.2) is 0 Å². The molecular weight excluding hydrogens is 380 g/mol. The van der Waals surface area contributed by atoms with Crippen LogP contribution in [0.3, 0.4) is 0 Å². The topological polar surface area (TPSA) is 18.5 Å². The van der Waals surface area contributed by atoms with Gasteiger partial charge in [0.2, 0.25) is 0 Å². The molecule has 0 N–H and O–H groups in total. The van der Waals surface area contributed by atoms with Crippen LogP contribution in [0.2, 0.25) is 0 Å². The van der Waals surface area contributed by atoms with E-state index in [1.165, 1.54) is 80.9 Å². The molecule has 0 bridgehead atoms. The molecule has 0 saturated carbocycles. The molecule has 0 radical (unpaired) electrons. The molecule has 0 aromatic heterocycles. The van der Waals surface area contributed by atoms with E-state index in [0.29, 0.717) is 0 Å². The Hall–Kier alpha value is -1.80. The van der Waals surface area contributed by atoms with Gasteiger partial charge < -0.3 is 9.47 Å². The SMILES string of the molecule is CCCCCCCCCCCCCOc1ccc(-c2ccc(C(C)OCC)cc2)cc1. The van der Waals surface area contributed by atoms with Gasteiger partial charge in [0.25, 0.3) is 0 Å². The van der Waals surface area contributed by atoms with Crippen LogP contribution in [0.15, 0.2) is 48.5 Å². The third-order valence-electron chi connectivity index (χ3n) is 6.00. The predicted molar refractivity (Wildman–Crippen MR) is 134 cm³/mol. The Morgan fingerprint density at radius 3 is 1.61 bits per heavy atom. The van der Waals surface area contributed by atoms with Gasteiger partial charge in [-0.2, -0.15) is 0 Å². The van der Waals surface area contributed by atoms with Crippen LogP contribution < -0.4 is 4.74 Å². The Bertz CT molecular complexity index is 675. The summed E-state index contributed by atoms with van der Waals surface area (Å²) in [5, 5.41) is 0. The Morgan fingerprint density at radius 2 is 1.10 bits per heavy atom. The molecule has 1 unspecified atom stereocenters. The van der Waals surface area contributed by atoms with Crippen molar-refractivity contribution >= 4 is 0 Å². The summed E-state index contributed by atoms with van der Waals surface area (Å²) >= 11 is 0. The Balaban J connectivity index is 1.58. The molecule has 0 fully saturated rings. The van der Waals surface area contributed by atoms with Crippen LogP contribution in [0.25, 0.3) is 11.1 Å². The maximum atomic E-state index is 5.94. The maximum absolute atomic E-state index is 5.94. The number of hydrogen-bond acceptors (Lipinski definition) is 2. The molecule has 31 heavy (non-hydrogen) atoms. The van der Waals surface area contributed by atoms with Gasteiger partial charge in [0.15, 0.2) is 0 Å². The average Bonchev–Trinajstić information content (AvgIpc) is 2.80. The van der Waals surface area contributed by atoms with E-state index in [4.69, 9.17) is 9.47 Å². The van der Waals surface area contributed by atoms with Gasteiger partial charge in [-0.15, -0.1) is 0 Å². The van der Waals surface area contributed by atoms with Crippen molar-refractivity contribution in [2.24, 2.45) is 0 Å². The Labute approximate surface area is 191 Å². The fraction of sp³-hybridized carbons (Fsp3) is 0.586. The first-order valence-corrected chi connectivity index (χ1v) is 12.7. The van der Waals surface area contributed by atoms with Gasteiger partial charge in [-0.1, -0.05) is 108 Å². The van der Waals surface area contributed by atoms with E-state index >= 15 is 0 Å². The number of hydrogen-bond donors (Lipinski definition) is 0. The second kappa shape index (κ2) is 15.9. The molecule has 2 aromatic carbocycles. The average molecular weight is 425 g/mol. The highest BCUT2D eigenvalue weighted by molar-refractivity contribution is 5.64. The van der Waals surface area contributed by atoms with Crippen molar-refractivity contribution < 1.29 is 9.47 Å². The van der Waals surface area contributed by atoms with Crippen LogP contribution in [-0.2, 0) is 4.74 Å². The molecule has 0 aliphatic rings. The molecule has 0 amide bonds. The van der Waals surface area contributed by atoms with Crippen LogP contribution in [-0.4, -0.2) is 13.2 Å². The molecule has 2 nitrogen and oxygen atoms in total. The summed E-state index contributed by atoms with van der Waals surface area (Å²) in [5.41, 5.74) is 3.67. The molecule has 2 aromatic rings. The highest BCUT2D eigenvalue weighted by Crippen LogP contribution is 2.25. The fourth-order valence-electron chi connectivity index (χ4n) is 3.99. The molecule has 2 rings (SSSR count). The van der Waals surface area contributed by atoms with E-state index < -0.39 is 0 Å². The maximum Gasteiger partial charge on any atom is 0.119 e. The van der Waals surface area contributed by atoms with Crippen LogP contribution in [0.1, 0.15) is 103 Å². The van der Waals surface area contributed by atoms with Gasteiger partial charge >= 0.3 is 0 Å². The minimum absolute atomic E-state index is 0.144. The normalized spacial score (nSPS) is 12.1. The first-order valence-electron chi connectivity index (χ1n) is 12.7. The molecule has 2 heteroatoms. The van der Waals surface area contributed by atoms with Crippen LogP contribution in [0.4, 0.5) is 0 Å². The van der Waals surface area contributed by atoms with Gasteiger partial charge in [-0.3, -0.25) is 0 Å². The van der Waals surface area contributed by atoms with Crippen molar-refractivity contribution in [2.45, 2.75) is 97.5 Å². The Kier molecular flexibility index (Phi) is 13.1. The zero-order valence-electron chi connectivity index (χ0n) is 20.2. The summed E-state index contributed by atoms with van der Waals surface area (Å²) in [6.45, 7) is 7.97. The molecule has 0 aliphatic carbocycles. The largest absolute Gasteiger partial charge is 0.494 e. The zero-order chi connectivity index (χ0) is 22.2. The molecular formula is C29H44O2. The summed E-state index contributed by atoms with van der Waals surface area (Å²) < 4.78 is 11.6. The lowest BCUT2D eigenvalue weighted by Crippen LogP contribution is -1.99. The minimum atomic E-state index is 0.144. The zero-order valence-corrected chi connectivity index (χ0v) is 20.2. The predicted octanol–water partition coefficient (Wildman–Crippen LogP) is 9.14. The van der Waals surface area contributed by atoms with Gasteiger partial charge in [-0.05, 0) is 49.1 Å². The summed E-state index contributed by atoms with van der Waals surface area (Å²) in [6, 6.07) is 17.1. The van der Waals surface area contributed by atoms with Crippen LogP contribution in [0.5, 0.6) is 5.75 Å².